The van der Waals surface area contributed by atoms with Crippen molar-refractivity contribution in [1.29, 1.82) is 0 Å². The molecular formula is C15H12ClN3O. The van der Waals surface area contributed by atoms with Crippen LogP contribution in [0.3, 0.4) is 0 Å². The summed E-state index contributed by atoms with van der Waals surface area (Å²) in [5, 5.41) is 2.55. The van der Waals surface area contributed by atoms with E-state index in [-0.39, 0.29) is 0 Å². The van der Waals surface area contributed by atoms with E-state index >= 15 is 0 Å². The van der Waals surface area contributed by atoms with Gasteiger partial charge in [0.05, 0.1) is 0 Å². The molecule has 0 aliphatic rings. The summed E-state index contributed by atoms with van der Waals surface area (Å²) in [7, 11) is 0. The summed E-state index contributed by atoms with van der Waals surface area (Å²) in [4.78, 5) is 8.23. The number of rotatable bonds is 2. The Morgan fingerprint density at radius 1 is 1.05 bits per heavy atom. The lowest BCUT2D eigenvalue weighted by molar-refractivity contribution is 0.465. The van der Waals surface area contributed by atoms with Crippen LogP contribution in [0.25, 0.3) is 10.8 Å². The number of benzene rings is 2. The number of hydrogen-bond acceptors (Lipinski definition) is 4. The van der Waals surface area contributed by atoms with E-state index in [0.29, 0.717) is 28.3 Å². The van der Waals surface area contributed by atoms with Crippen LogP contribution in [0.4, 0.5) is 5.82 Å². The first kappa shape index (κ1) is 12.7. The van der Waals surface area contributed by atoms with Gasteiger partial charge in [0.2, 0.25) is 5.88 Å². The summed E-state index contributed by atoms with van der Waals surface area (Å²) in [6.07, 6.45) is 0. The molecule has 5 heteroatoms. The molecule has 1 aromatic heterocycles. The summed E-state index contributed by atoms with van der Waals surface area (Å²) >= 11 is 6.18. The summed E-state index contributed by atoms with van der Waals surface area (Å²) in [5.74, 6) is 2.05. The van der Waals surface area contributed by atoms with E-state index in [4.69, 9.17) is 22.1 Å². The van der Waals surface area contributed by atoms with Crippen LogP contribution in [0.5, 0.6) is 11.6 Å². The lowest BCUT2D eigenvalue weighted by Gasteiger charge is -2.10. The summed E-state index contributed by atoms with van der Waals surface area (Å²) in [5.41, 5.74) is 5.70. The van der Waals surface area contributed by atoms with Crippen LogP contribution in [0, 0.1) is 6.92 Å². The molecule has 4 nitrogen and oxygen atoms in total. The number of ether oxygens (including phenoxy) is 1. The van der Waals surface area contributed by atoms with Gasteiger partial charge in [0.15, 0.2) is 0 Å². The maximum Gasteiger partial charge on any atom is 0.224 e. The summed E-state index contributed by atoms with van der Waals surface area (Å²) in [6.45, 7) is 1.77. The largest absolute Gasteiger partial charge is 0.438 e. The molecule has 0 atom stereocenters. The molecule has 0 radical (unpaired) electrons. The van der Waals surface area contributed by atoms with E-state index in [1.807, 2.05) is 30.3 Å². The van der Waals surface area contributed by atoms with Gasteiger partial charge >= 0.3 is 0 Å². The Morgan fingerprint density at radius 3 is 2.55 bits per heavy atom. The van der Waals surface area contributed by atoms with Crippen LogP contribution < -0.4 is 10.5 Å². The number of aryl methyl sites for hydroxylation is 1. The zero-order valence-electron chi connectivity index (χ0n) is 10.8. The Morgan fingerprint density at radius 2 is 1.80 bits per heavy atom. The van der Waals surface area contributed by atoms with Gasteiger partial charge in [-0.15, -0.1) is 0 Å². The van der Waals surface area contributed by atoms with E-state index < -0.39 is 0 Å². The minimum atomic E-state index is 0.380. The molecule has 0 amide bonds. The second kappa shape index (κ2) is 4.98. The predicted molar refractivity (Wildman–Crippen MR) is 80.2 cm³/mol. The van der Waals surface area contributed by atoms with Gasteiger partial charge in [-0.3, -0.25) is 0 Å². The second-order valence-corrected chi connectivity index (χ2v) is 4.78. The minimum Gasteiger partial charge on any atom is -0.438 e. The minimum absolute atomic E-state index is 0.380. The fourth-order valence-corrected chi connectivity index (χ4v) is 2.28. The third-order valence-electron chi connectivity index (χ3n) is 2.88. The zero-order chi connectivity index (χ0) is 14.1. The topological polar surface area (TPSA) is 61.0 Å². The highest BCUT2D eigenvalue weighted by atomic mass is 35.5. The number of halogens is 1. The van der Waals surface area contributed by atoms with Crippen molar-refractivity contribution in [2.45, 2.75) is 6.92 Å². The molecule has 2 aromatic carbocycles. The predicted octanol–water partition coefficient (Wildman–Crippen LogP) is 3.97. The number of anilines is 1. The molecule has 0 unspecified atom stereocenters. The Bertz CT molecular complexity index is 769. The van der Waals surface area contributed by atoms with Gasteiger partial charge in [0.1, 0.15) is 17.4 Å². The molecule has 1 heterocycles. The van der Waals surface area contributed by atoms with E-state index in [0.717, 1.165) is 10.8 Å². The Hall–Kier alpha value is -2.33. The number of nitrogen functional groups attached to an aromatic ring is 1. The van der Waals surface area contributed by atoms with Crippen LogP contribution in [0.1, 0.15) is 5.82 Å². The number of fused-ring (bicyclic) bond motifs is 1. The average molecular weight is 286 g/mol. The second-order valence-electron chi connectivity index (χ2n) is 4.37. The first-order valence-electron chi connectivity index (χ1n) is 6.10. The van der Waals surface area contributed by atoms with Crippen molar-refractivity contribution in [3.63, 3.8) is 0 Å². The molecule has 0 aliphatic carbocycles. The average Bonchev–Trinajstić information content (AvgIpc) is 2.41. The monoisotopic (exact) mass is 285 g/mol. The highest BCUT2D eigenvalue weighted by Gasteiger charge is 2.08. The number of hydrogen-bond donors (Lipinski definition) is 1. The molecule has 3 rings (SSSR count). The third-order valence-corrected chi connectivity index (χ3v) is 3.21. The molecule has 0 bridgehead atoms. The van der Waals surface area contributed by atoms with Crippen molar-refractivity contribution >= 4 is 28.2 Å². The molecule has 20 heavy (non-hydrogen) atoms. The molecular weight excluding hydrogens is 274 g/mol. The Kier molecular flexibility index (Phi) is 3.16. The zero-order valence-corrected chi connectivity index (χ0v) is 11.6. The van der Waals surface area contributed by atoms with Crippen molar-refractivity contribution in [1.82, 2.24) is 9.97 Å². The first-order chi connectivity index (χ1) is 9.63. The van der Waals surface area contributed by atoms with E-state index in [9.17, 15) is 0 Å². The van der Waals surface area contributed by atoms with Crippen LogP contribution in [-0.2, 0) is 0 Å². The normalized spacial score (nSPS) is 10.7. The molecule has 0 fully saturated rings. The number of aromatic nitrogens is 2. The summed E-state index contributed by atoms with van der Waals surface area (Å²) < 4.78 is 5.82. The molecule has 3 aromatic rings. The van der Waals surface area contributed by atoms with Crippen molar-refractivity contribution in [2.24, 2.45) is 0 Å². The van der Waals surface area contributed by atoms with Gasteiger partial charge in [0, 0.05) is 21.9 Å². The van der Waals surface area contributed by atoms with Crippen molar-refractivity contribution < 1.29 is 4.74 Å². The van der Waals surface area contributed by atoms with E-state index in [1.54, 1.807) is 19.1 Å². The lowest BCUT2D eigenvalue weighted by Crippen LogP contribution is -1.98. The van der Waals surface area contributed by atoms with Crippen LogP contribution in [-0.4, -0.2) is 9.97 Å². The maximum atomic E-state index is 6.18. The van der Waals surface area contributed by atoms with Crippen molar-refractivity contribution in [3.05, 3.63) is 53.3 Å². The quantitative estimate of drug-likeness (QED) is 0.774. The van der Waals surface area contributed by atoms with Gasteiger partial charge in [-0.25, -0.2) is 4.98 Å². The number of nitrogens with zero attached hydrogens (tertiary/aromatic N) is 2. The van der Waals surface area contributed by atoms with Gasteiger partial charge in [-0.1, -0.05) is 35.9 Å². The fourth-order valence-electron chi connectivity index (χ4n) is 2.05. The highest BCUT2D eigenvalue weighted by molar-refractivity contribution is 6.35. The molecule has 0 saturated heterocycles. The lowest BCUT2D eigenvalue weighted by atomic mass is 10.1. The smallest absolute Gasteiger partial charge is 0.224 e. The highest BCUT2D eigenvalue weighted by Crippen LogP contribution is 2.33. The SMILES string of the molecule is Cc1nc(N)cc(Oc2ccc(Cl)c3ccccc23)n1. The molecule has 0 spiro atoms. The van der Waals surface area contributed by atoms with Gasteiger partial charge in [0.25, 0.3) is 0 Å². The van der Waals surface area contributed by atoms with Crippen LogP contribution in [0.2, 0.25) is 5.02 Å². The molecule has 2 N–H and O–H groups in total. The fraction of sp³-hybridized carbons (Fsp3) is 0.0667. The summed E-state index contributed by atoms with van der Waals surface area (Å²) in [6, 6.07) is 13.0. The van der Waals surface area contributed by atoms with Gasteiger partial charge in [-0.2, -0.15) is 4.98 Å². The number of nitrogens with two attached hydrogens (primary N) is 1. The van der Waals surface area contributed by atoms with Crippen molar-refractivity contribution in [2.75, 3.05) is 5.73 Å². The maximum absolute atomic E-state index is 6.18. The standard InChI is InChI=1S/C15H12ClN3O/c1-9-18-14(17)8-15(19-9)20-13-7-6-12(16)10-4-2-3-5-11(10)13/h2-8H,1H3,(H2,17,18,19). The van der Waals surface area contributed by atoms with Crippen molar-refractivity contribution in [3.8, 4) is 11.6 Å². The van der Waals surface area contributed by atoms with Crippen LogP contribution in [0.15, 0.2) is 42.5 Å². The Labute approximate surface area is 121 Å². The molecule has 0 saturated carbocycles. The Balaban J connectivity index is 2.09. The molecule has 100 valence electrons. The van der Waals surface area contributed by atoms with Gasteiger partial charge < -0.3 is 10.5 Å². The van der Waals surface area contributed by atoms with Crippen LogP contribution >= 0.6 is 11.6 Å². The molecule has 0 aliphatic heterocycles. The first-order valence-corrected chi connectivity index (χ1v) is 6.47. The van der Waals surface area contributed by atoms with E-state index in [2.05, 4.69) is 9.97 Å². The van der Waals surface area contributed by atoms with E-state index in [1.165, 1.54) is 0 Å². The van der Waals surface area contributed by atoms with Gasteiger partial charge in [-0.05, 0) is 19.1 Å². The third kappa shape index (κ3) is 2.38.